The average molecular weight is 583 g/mol. The Morgan fingerprint density at radius 3 is 2.43 bits per heavy atom. The molecule has 0 saturated carbocycles. The fraction of sp³-hybridized carbons (Fsp3) is 0.174. The number of carbonyl (C=O) groups excluding carboxylic acids is 1. The van der Waals surface area contributed by atoms with Crippen molar-refractivity contribution in [3.05, 3.63) is 81.0 Å². The third kappa shape index (κ3) is 5.41. The van der Waals surface area contributed by atoms with Gasteiger partial charge in [0.25, 0.3) is 5.91 Å². The molecule has 3 heterocycles. The highest BCUT2D eigenvalue weighted by Crippen LogP contribution is 2.37. The van der Waals surface area contributed by atoms with Gasteiger partial charge in [-0.1, -0.05) is 15.9 Å². The number of halogens is 7. The summed E-state index contributed by atoms with van der Waals surface area (Å²) in [7, 11) is 0. The van der Waals surface area contributed by atoms with Gasteiger partial charge in [-0.05, 0) is 43.3 Å². The topological polar surface area (TPSA) is 96.5 Å². The normalized spacial score (nSPS) is 12.0. The van der Waals surface area contributed by atoms with Gasteiger partial charge in [0.1, 0.15) is 11.8 Å². The van der Waals surface area contributed by atoms with Crippen molar-refractivity contribution in [2.45, 2.75) is 25.8 Å². The first-order chi connectivity index (χ1) is 17.3. The number of alkyl halides is 6. The lowest BCUT2D eigenvalue weighted by Gasteiger charge is -2.13. The number of pyridine rings is 2. The molecule has 4 rings (SSSR count). The number of nitrogens with one attached hydrogen (secondary N) is 1. The van der Waals surface area contributed by atoms with E-state index >= 15 is 0 Å². The molecule has 37 heavy (non-hydrogen) atoms. The zero-order valence-corrected chi connectivity index (χ0v) is 20.1. The number of hydrogen-bond acceptors (Lipinski definition) is 5. The highest BCUT2D eigenvalue weighted by Gasteiger charge is 2.40. The van der Waals surface area contributed by atoms with Crippen molar-refractivity contribution in [2.24, 2.45) is 0 Å². The van der Waals surface area contributed by atoms with Gasteiger partial charge in [-0.3, -0.25) is 14.5 Å². The first kappa shape index (κ1) is 26.1. The predicted molar refractivity (Wildman–Crippen MR) is 122 cm³/mol. The number of amides is 1. The Hall–Kier alpha value is -3.99. The quantitative estimate of drug-likeness (QED) is 0.293. The average Bonchev–Trinajstić information content (AvgIpc) is 3.13. The maximum absolute atomic E-state index is 13.8. The highest BCUT2D eigenvalue weighted by molar-refractivity contribution is 9.10. The molecule has 0 unspecified atom stereocenters. The van der Waals surface area contributed by atoms with E-state index in [0.717, 1.165) is 4.68 Å². The summed E-state index contributed by atoms with van der Waals surface area (Å²) >= 11 is 3.17. The molecule has 7 nitrogen and oxygen atoms in total. The maximum atomic E-state index is 13.8. The predicted octanol–water partition coefficient (Wildman–Crippen LogP) is 6.11. The summed E-state index contributed by atoms with van der Waals surface area (Å²) in [6.07, 6.45) is -8.65. The van der Waals surface area contributed by atoms with E-state index in [9.17, 15) is 31.1 Å². The van der Waals surface area contributed by atoms with Crippen LogP contribution >= 0.6 is 15.9 Å². The van der Waals surface area contributed by atoms with E-state index in [-0.39, 0.29) is 34.4 Å². The summed E-state index contributed by atoms with van der Waals surface area (Å²) in [5.74, 6) is -1.21. The largest absolute Gasteiger partial charge is 0.437 e. The second kappa shape index (κ2) is 9.47. The van der Waals surface area contributed by atoms with Crippen LogP contribution in [-0.2, 0) is 18.9 Å². The molecule has 0 bridgehead atoms. The van der Waals surface area contributed by atoms with Gasteiger partial charge in [0.15, 0.2) is 5.69 Å². The van der Waals surface area contributed by atoms with Crippen molar-refractivity contribution in [3.8, 4) is 6.07 Å². The zero-order valence-electron chi connectivity index (χ0n) is 18.5. The summed E-state index contributed by atoms with van der Waals surface area (Å²) in [6.45, 7) is 1.05. The maximum Gasteiger partial charge on any atom is 0.437 e. The minimum absolute atomic E-state index is 0.000242. The Labute approximate surface area is 212 Å². The van der Waals surface area contributed by atoms with Crippen LogP contribution in [0.1, 0.15) is 38.7 Å². The second-order valence-corrected chi connectivity index (χ2v) is 8.70. The van der Waals surface area contributed by atoms with E-state index in [1.165, 1.54) is 43.5 Å². The number of carbonyl (C=O) groups is 1. The summed E-state index contributed by atoms with van der Waals surface area (Å²) < 4.78 is 83.1. The Morgan fingerprint density at radius 1 is 1.11 bits per heavy atom. The smallest absolute Gasteiger partial charge is 0.319 e. The molecule has 0 saturated heterocycles. The van der Waals surface area contributed by atoms with Crippen LogP contribution in [0.15, 0.2) is 47.1 Å². The number of rotatable bonds is 4. The monoisotopic (exact) mass is 582 g/mol. The van der Waals surface area contributed by atoms with Crippen LogP contribution < -0.4 is 5.32 Å². The molecule has 0 aliphatic rings. The van der Waals surface area contributed by atoms with Crippen LogP contribution in [0.3, 0.4) is 0 Å². The van der Waals surface area contributed by atoms with E-state index in [4.69, 9.17) is 5.26 Å². The van der Waals surface area contributed by atoms with Gasteiger partial charge in [0.05, 0.1) is 40.3 Å². The first-order valence-corrected chi connectivity index (χ1v) is 11.1. The van der Waals surface area contributed by atoms with Crippen LogP contribution in [0.4, 0.5) is 32.0 Å². The van der Waals surface area contributed by atoms with Crippen LogP contribution in [0.25, 0.3) is 10.9 Å². The first-order valence-electron chi connectivity index (χ1n) is 10.3. The van der Waals surface area contributed by atoms with Gasteiger partial charge in [0.2, 0.25) is 0 Å². The molecule has 0 radical (unpaired) electrons. The standard InChI is InChI=1S/C23H13BrF6N6O/c1-11-19(20(23(28,29)30)35-36(11)10-14-4-2-12(8-31)9-32-14)34-21(37)16-7-18(22(25,26)27)33-17-5-3-13(24)6-15(16)17/h2-7,9H,10H2,1H3,(H,34,37). The number of benzene rings is 1. The van der Waals surface area contributed by atoms with Gasteiger partial charge in [-0.2, -0.15) is 36.7 Å². The molecule has 1 N–H and O–H groups in total. The Kier molecular flexibility index (Phi) is 6.68. The lowest BCUT2D eigenvalue weighted by Crippen LogP contribution is -2.18. The van der Waals surface area contributed by atoms with Crippen molar-refractivity contribution in [1.82, 2.24) is 19.7 Å². The number of hydrogen-bond donors (Lipinski definition) is 1. The molecule has 0 aliphatic heterocycles. The van der Waals surface area contributed by atoms with E-state index in [1.807, 2.05) is 6.07 Å². The summed E-state index contributed by atoms with van der Waals surface area (Å²) in [5.41, 5.74) is -3.77. The second-order valence-electron chi connectivity index (χ2n) is 7.78. The third-order valence-electron chi connectivity index (χ3n) is 5.28. The Bertz CT molecular complexity index is 1550. The van der Waals surface area contributed by atoms with Crippen LogP contribution in [0.2, 0.25) is 0 Å². The van der Waals surface area contributed by atoms with Gasteiger partial charge in [-0.15, -0.1) is 0 Å². The van der Waals surface area contributed by atoms with E-state index in [2.05, 4.69) is 36.3 Å². The SMILES string of the molecule is Cc1c(NC(=O)c2cc(C(F)(F)F)nc3ccc(Br)cc23)c(C(F)(F)F)nn1Cc1ccc(C#N)cn1. The summed E-state index contributed by atoms with van der Waals surface area (Å²) in [4.78, 5) is 20.6. The highest BCUT2D eigenvalue weighted by atomic mass is 79.9. The molecule has 190 valence electrons. The number of fused-ring (bicyclic) bond motifs is 1. The molecule has 0 fully saturated rings. The fourth-order valence-electron chi connectivity index (χ4n) is 3.50. The zero-order chi connectivity index (χ0) is 27.1. The summed E-state index contributed by atoms with van der Waals surface area (Å²) in [5, 5.41) is 14.5. The van der Waals surface area contributed by atoms with Gasteiger partial charge in [0, 0.05) is 16.1 Å². The molecule has 4 aromatic rings. The van der Waals surface area contributed by atoms with Crippen molar-refractivity contribution in [1.29, 1.82) is 5.26 Å². The number of anilines is 1. The Morgan fingerprint density at radius 2 is 1.84 bits per heavy atom. The van der Waals surface area contributed by atoms with Gasteiger partial charge in [-0.25, -0.2) is 4.98 Å². The number of aromatic nitrogens is 4. The van der Waals surface area contributed by atoms with Crippen LogP contribution in [0, 0.1) is 18.3 Å². The van der Waals surface area contributed by atoms with Crippen molar-refractivity contribution >= 4 is 38.4 Å². The van der Waals surface area contributed by atoms with E-state index < -0.39 is 40.9 Å². The van der Waals surface area contributed by atoms with Crippen molar-refractivity contribution < 1.29 is 31.1 Å². The molecular formula is C23H13BrF6N6O. The Balaban J connectivity index is 1.78. The number of nitrogens with zero attached hydrogens (tertiary/aromatic N) is 5. The number of nitriles is 1. The summed E-state index contributed by atoms with van der Waals surface area (Å²) in [6, 6.07) is 9.23. The van der Waals surface area contributed by atoms with Crippen molar-refractivity contribution in [3.63, 3.8) is 0 Å². The molecule has 14 heteroatoms. The van der Waals surface area contributed by atoms with Gasteiger partial charge >= 0.3 is 12.4 Å². The molecule has 0 aliphatic carbocycles. The molecule has 1 aromatic carbocycles. The molecule has 0 atom stereocenters. The van der Waals surface area contributed by atoms with Crippen LogP contribution in [-0.4, -0.2) is 25.7 Å². The third-order valence-corrected chi connectivity index (χ3v) is 5.78. The fourth-order valence-corrected chi connectivity index (χ4v) is 3.86. The lowest BCUT2D eigenvalue weighted by atomic mass is 10.1. The molecule has 1 amide bonds. The van der Waals surface area contributed by atoms with Gasteiger partial charge < -0.3 is 5.32 Å². The minimum Gasteiger partial charge on any atom is -0.319 e. The molecule has 3 aromatic heterocycles. The minimum atomic E-state index is -4.99. The van der Waals surface area contributed by atoms with Crippen LogP contribution in [0.5, 0.6) is 0 Å². The molecule has 0 spiro atoms. The molecular weight excluding hydrogens is 570 g/mol. The van der Waals surface area contributed by atoms with E-state index in [1.54, 1.807) is 0 Å². The van der Waals surface area contributed by atoms with E-state index in [0.29, 0.717) is 10.5 Å². The lowest BCUT2D eigenvalue weighted by molar-refractivity contribution is -0.141. The van der Waals surface area contributed by atoms with Crippen molar-refractivity contribution in [2.75, 3.05) is 5.32 Å².